The van der Waals surface area contributed by atoms with Crippen molar-refractivity contribution >= 4 is 68.4 Å². The highest BCUT2D eigenvalue weighted by Gasteiger charge is 2.36. The largest absolute Gasteiger partial charge is 0.391 e. The lowest BCUT2D eigenvalue weighted by molar-refractivity contribution is -0.136. The van der Waals surface area contributed by atoms with E-state index in [9.17, 15) is 43.8 Å². The van der Waals surface area contributed by atoms with Crippen molar-refractivity contribution in [3.63, 3.8) is 0 Å². The minimum absolute atomic E-state index is 0.00871. The number of nitrogens with two attached hydrogens (primary N) is 2. The number of carbonyl (C=O) groups is 7. The number of hydrogen-bond acceptors (Lipinski definition) is 13. The average molecular weight is 1040 g/mol. The molecule has 73 heavy (non-hydrogen) atoms. The van der Waals surface area contributed by atoms with Crippen molar-refractivity contribution in [2.24, 2.45) is 17.4 Å². The van der Waals surface area contributed by atoms with Crippen LogP contribution < -0.4 is 43.4 Å². The van der Waals surface area contributed by atoms with Crippen LogP contribution in [0.5, 0.6) is 0 Å². The fourth-order valence-electron chi connectivity index (χ4n) is 8.65. The first-order valence-corrected chi connectivity index (χ1v) is 27.8. The Hall–Kier alpha value is -5.57. The normalized spacial score (nSPS) is 24.5. The maximum Gasteiger partial charge on any atom is 0.245 e. The van der Waals surface area contributed by atoms with Crippen LogP contribution in [0.4, 0.5) is 0 Å². The number of nitrogens with one attached hydrogen (secondary N) is 6. The number of amides is 6. The molecule has 17 nitrogen and oxygen atoms in total. The maximum absolute atomic E-state index is 14.8. The van der Waals surface area contributed by atoms with E-state index >= 15 is 0 Å². The number of unbranched alkanes of at least 4 members (excludes halogenated alkanes) is 1. The Labute approximate surface area is 436 Å². The number of fused-ring (bicyclic) bond motifs is 1. The van der Waals surface area contributed by atoms with Gasteiger partial charge in [-0.1, -0.05) is 118 Å². The maximum atomic E-state index is 14.8. The summed E-state index contributed by atoms with van der Waals surface area (Å²) in [5.41, 5.74) is 16.9. The van der Waals surface area contributed by atoms with Gasteiger partial charge >= 0.3 is 0 Å². The summed E-state index contributed by atoms with van der Waals surface area (Å²) in [5.74, 6) is -5.36. The van der Waals surface area contributed by atoms with Crippen LogP contribution >= 0.6 is 21.6 Å². The summed E-state index contributed by atoms with van der Waals surface area (Å²) in [4.78, 5) is 100. The van der Waals surface area contributed by atoms with Crippen molar-refractivity contribution in [2.45, 2.75) is 146 Å². The molecule has 2 aromatic carbocycles. The van der Waals surface area contributed by atoms with E-state index in [1.54, 1.807) is 6.92 Å². The topological polar surface area (TPSA) is 284 Å². The molecule has 3 aliphatic rings. The number of benzene rings is 2. The second-order valence-electron chi connectivity index (χ2n) is 19.0. The monoisotopic (exact) mass is 1040 g/mol. The van der Waals surface area contributed by atoms with Crippen molar-refractivity contribution in [1.82, 2.24) is 31.9 Å². The standard InChI is InChI=1S/C54H74N8O9S2/c1-33(34(2)63)57-53(70)46-32-73-72-31-45(60-50(67)42(56)29-37-18-7-4-5-8-19-37)47(65)26-25-40(28-36-16-9-6-10-17-36)49(66)59-44(30-39-22-15-21-38-20-11-12-23-41(38)39)52(69)58-43(24-13-14-27-55)51(68)62-48(35(3)64)54(71)61-46/h4-12,16-18,20,22-23,33-35,40,42-46,48,63-64H,13-15,19,21,24-32,55-56H2,1-3H3,(H,57,70)(H,58,69)(H,59,66)(H,60,67)(H,61,71)(H,62,68)/t33-,34-,35-,40+,42-,43+,44-,45+,46+,48+/m1/s1. The number of allylic oxidation sites excluding steroid dienone is 6. The van der Waals surface area contributed by atoms with Crippen LogP contribution in [0, 0.1) is 5.92 Å². The van der Waals surface area contributed by atoms with E-state index in [2.05, 4.69) is 31.9 Å². The summed E-state index contributed by atoms with van der Waals surface area (Å²) in [6.07, 6.45) is 12.6. The van der Waals surface area contributed by atoms with E-state index < -0.39 is 95.9 Å². The molecule has 0 spiro atoms. The number of Topliss-reactive ketones (excluding diaryl/α,β-unsaturated/α-hetero) is 1. The van der Waals surface area contributed by atoms with Gasteiger partial charge < -0.3 is 53.6 Å². The van der Waals surface area contributed by atoms with Crippen LogP contribution in [0.1, 0.15) is 95.2 Å². The van der Waals surface area contributed by atoms with E-state index in [-0.39, 0.29) is 55.8 Å². The first-order valence-electron chi connectivity index (χ1n) is 25.3. The molecule has 2 aliphatic carbocycles. The summed E-state index contributed by atoms with van der Waals surface area (Å²) in [7, 11) is 2.29. The molecule has 1 saturated heterocycles. The smallest absolute Gasteiger partial charge is 0.245 e. The fourth-order valence-corrected chi connectivity index (χ4v) is 11.0. The van der Waals surface area contributed by atoms with Gasteiger partial charge in [0.15, 0.2) is 5.78 Å². The van der Waals surface area contributed by atoms with E-state index in [1.807, 2.05) is 91.1 Å². The molecule has 5 rings (SSSR count). The van der Waals surface area contributed by atoms with Gasteiger partial charge in [0, 0.05) is 30.3 Å². The zero-order valence-corrected chi connectivity index (χ0v) is 43.7. The van der Waals surface area contributed by atoms with Crippen molar-refractivity contribution < 1.29 is 43.8 Å². The Kier molecular flexibility index (Phi) is 23.9. The molecule has 1 fully saturated rings. The van der Waals surface area contributed by atoms with Gasteiger partial charge in [-0.2, -0.15) is 0 Å². The van der Waals surface area contributed by atoms with Crippen molar-refractivity contribution in [3.8, 4) is 0 Å². The molecular formula is C54H74N8O9S2. The molecule has 0 bridgehead atoms. The zero-order chi connectivity index (χ0) is 52.9. The van der Waals surface area contributed by atoms with Crippen molar-refractivity contribution in [2.75, 3.05) is 18.1 Å². The molecule has 1 heterocycles. The predicted octanol–water partition coefficient (Wildman–Crippen LogP) is 2.99. The SMILES string of the molecule is C[C@@H](O)[C@@H]1NC(=O)[C@H](CCCCN)NC(=O)[C@@H](CC2=CCCc3ccccc32)NC(=O)[C@H](Cc2ccccc2)CCC(=O)[C@@H](NC(=O)[C@H](N)CC2=CC=CC=CC2)CSSC[C@@H](C(=O)N[C@H](C)[C@@H](C)O)NC1=O. The summed E-state index contributed by atoms with van der Waals surface area (Å²) in [6, 6.07) is 8.99. The highest BCUT2D eigenvalue weighted by Crippen LogP contribution is 2.30. The molecule has 0 aromatic heterocycles. The molecular weight excluding hydrogens is 969 g/mol. The quantitative estimate of drug-likeness (QED) is 0.0857. The Bertz CT molecular complexity index is 2340. The van der Waals surface area contributed by atoms with E-state index in [4.69, 9.17) is 11.5 Å². The van der Waals surface area contributed by atoms with Crippen molar-refractivity contribution in [3.05, 3.63) is 113 Å². The Morgan fingerprint density at radius 2 is 1.51 bits per heavy atom. The highest BCUT2D eigenvalue weighted by atomic mass is 33.1. The molecule has 19 heteroatoms. The van der Waals surface area contributed by atoms with Gasteiger partial charge in [-0.05, 0) is 107 Å². The summed E-state index contributed by atoms with van der Waals surface area (Å²) >= 11 is 0. The summed E-state index contributed by atoms with van der Waals surface area (Å²) < 4.78 is 0. The number of aryl methyl sites for hydroxylation is 1. The molecule has 0 radical (unpaired) electrons. The first kappa shape index (κ1) is 58.3. The second kappa shape index (κ2) is 30.0. The molecule has 6 amide bonds. The third kappa shape index (κ3) is 18.7. The van der Waals surface area contributed by atoms with Crippen LogP contribution in [0.15, 0.2) is 96.6 Å². The summed E-state index contributed by atoms with van der Waals surface area (Å²) in [5, 5.41) is 37.9. The second-order valence-corrected chi connectivity index (χ2v) is 21.6. The van der Waals surface area contributed by atoms with Gasteiger partial charge in [0.05, 0.1) is 30.3 Å². The third-order valence-electron chi connectivity index (χ3n) is 13.2. The summed E-state index contributed by atoms with van der Waals surface area (Å²) in [6.45, 7) is 4.69. The zero-order valence-electron chi connectivity index (χ0n) is 42.1. The lowest BCUT2D eigenvalue weighted by atomic mass is 9.87. The van der Waals surface area contributed by atoms with Gasteiger partial charge in [-0.15, -0.1) is 0 Å². The van der Waals surface area contributed by atoms with Crippen molar-refractivity contribution in [1.29, 1.82) is 0 Å². The third-order valence-corrected chi connectivity index (χ3v) is 15.6. The molecule has 1 aliphatic heterocycles. The van der Waals surface area contributed by atoms with Gasteiger partial charge in [-0.25, -0.2) is 0 Å². The van der Waals surface area contributed by atoms with Crippen LogP contribution in [-0.2, 0) is 46.4 Å². The van der Waals surface area contributed by atoms with Gasteiger partial charge in [0.2, 0.25) is 35.4 Å². The number of hydrogen-bond donors (Lipinski definition) is 10. The first-order chi connectivity index (χ1) is 35.0. The van der Waals surface area contributed by atoms with Crippen LogP contribution in [0.3, 0.4) is 0 Å². The van der Waals surface area contributed by atoms with Gasteiger partial charge in [0.1, 0.15) is 24.2 Å². The minimum atomic E-state index is -1.60. The van der Waals surface area contributed by atoms with Crippen LogP contribution in [0.2, 0.25) is 0 Å². The predicted molar refractivity (Wildman–Crippen MR) is 287 cm³/mol. The average Bonchev–Trinajstić information content (AvgIpc) is 3.64. The number of aliphatic hydroxyl groups excluding tert-OH is 2. The molecule has 0 unspecified atom stereocenters. The lowest BCUT2D eigenvalue weighted by Gasteiger charge is -2.29. The number of ketones is 1. The molecule has 2 aromatic rings. The lowest BCUT2D eigenvalue weighted by Crippen LogP contribution is -2.61. The molecule has 396 valence electrons. The molecule has 0 saturated carbocycles. The molecule has 12 N–H and O–H groups in total. The van der Waals surface area contributed by atoms with Gasteiger partial charge in [-0.3, -0.25) is 33.6 Å². The Morgan fingerprint density at radius 3 is 2.25 bits per heavy atom. The number of rotatable bonds is 16. The number of aliphatic hydroxyl groups is 2. The Morgan fingerprint density at radius 1 is 0.795 bits per heavy atom. The van der Waals surface area contributed by atoms with Crippen LogP contribution in [-0.4, -0.2) is 124 Å². The van der Waals surface area contributed by atoms with E-state index in [1.165, 1.54) is 13.8 Å². The minimum Gasteiger partial charge on any atom is -0.391 e. The van der Waals surface area contributed by atoms with E-state index in [0.717, 1.165) is 55.8 Å². The number of carbonyl (C=O) groups excluding carboxylic acids is 7. The van der Waals surface area contributed by atoms with Crippen LogP contribution in [0.25, 0.3) is 5.57 Å². The molecule has 10 atom stereocenters. The fraction of sp³-hybridized carbons (Fsp3) is 0.500. The van der Waals surface area contributed by atoms with Gasteiger partial charge in [0.25, 0.3) is 0 Å². The van der Waals surface area contributed by atoms with E-state index in [0.29, 0.717) is 32.2 Å². The highest BCUT2D eigenvalue weighted by molar-refractivity contribution is 8.76. The Balaban J connectivity index is 1.54.